The highest BCUT2D eigenvalue weighted by molar-refractivity contribution is 9.10. The van der Waals surface area contributed by atoms with Gasteiger partial charge in [-0.05, 0) is 34.1 Å². The van der Waals surface area contributed by atoms with E-state index in [4.69, 9.17) is 5.11 Å². The van der Waals surface area contributed by atoms with E-state index in [9.17, 15) is 13.2 Å². The van der Waals surface area contributed by atoms with Gasteiger partial charge in [0.1, 0.15) is 0 Å². The Morgan fingerprint density at radius 2 is 2.05 bits per heavy atom. The monoisotopic (exact) mass is 350 g/mol. The average molecular weight is 351 g/mol. The second kappa shape index (κ2) is 6.36. The normalized spacial score (nSPS) is 11.6. The number of sulfonamides is 1. The van der Waals surface area contributed by atoms with Crippen LogP contribution in [0.3, 0.4) is 0 Å². The van der Waals surface area contributed by atoms with Gasteiger partial charge in [0.2, 0.25) is 10.0 Å². The van der Waals surface area contributed by atoms with E-state index in [2.05, 4.69) is 21.2 Å². The van der Waals surface area contributed by atoms with Gasteiger partial charge in [0.25, 0.3) is 0 Å². The Bertz CT molecular complexity index is 572. The van der Waals surface area contributed by atoms with Gasteiger partial charge >= 0.3 is 5.97 Å². The Balaban J connectivity index is 2.65. The fourth-order valence-corrected chi connectivity index (χ4v) is 2.58. The van der Waals surface area contributed by atoms with Crippen molar-refractivity contribution in [3.63, 3.8) is 0 Å². The number of rotatable bonds is 6. The molecule has 1 aromatic rings. The number of halogens is 1. The first-order valence-corrected chi connectivity index (χ1v) is 7.81. The molecule has 2 N–H and O–H groups in total. The zero-order valence-electron chi connectivity index (χ0n) is 10.6. The van der Waals surface area contributed by atoms with E-state index in [1.54, 1.807) is 12.1 Å². The number of hydrogen-bond donors (Lipinski definition) is 2. The number of carbonyl (C=O) groups is 1. The lowest BCUT2D eigenvalue weighted by molar-refractivity contribution is 0.0696. The molecule has 0 radical (unpaired) electrons. The maximum absolute atomic E-state index is 11.5. The van der Waals surface area contributed by atoms with Crippen LogP contribution in [-0.2, 0) is 10.0 Å². The predicted molar refractivity (Wildman–Crippen MR) is 77.1 cm³/mol. The van der Waals surface area contributed by atoms with Crippen LogP contribution < -0.4 is 5.32 Å². The van der Waals surface area contributed by atoms with Gasteiger partial charge in [-0.25, -0.2) is 17.5 Å². The molecule has 0 saturated carbocycles. The summed E-state index contributed by atoms with van der Waals surface area (Å²) in [7, 11) is -0.276. The third-order valence-electron chi connectivity index (χ3n) is 2.44. The fraction of sp³-hybridized carbons (Fsp3) is 0.364. The van der Waals surface area contributed by atoms with E-state index in [1.807, 2.05) is 0 Å². The second-order valence-electron chi connectivity index (χ2n) is 4.02. The van der Waals surface area contributed by atoms with Crippen molar-refractivity contribution in [2.45, 2.75) is 0 Å². The van der Waals surface area contributed by atoms with Gasteiger partial charge in [-0.3, -0.25) is 0 Å². The SMILES string of the molecule is CN(C)S(=O)(=O)CCNc1ccc(C(=O)O)c(Br)c1. The molecule has 8 heteroatoms. The lowest BCUT2D eigenvalue weighted by Crippen LogP contribution is -2.28. The molecule has 0 spiro atoms. The van der Waals surface area contributed by atoms with Crippen LogP contribution in [0.15, 0.2) is 22.7 Å². The number of hydrogen-bond acceptors (Lipinski definition) is 4. The first-order chi connectivity index (χ1) is 8.74. The van der Waals surface area contributed by atoms with Crippen LogP contribution in [0.1, 0.15) is 10.4 Å². The van der Waals surface area contributed by atoms with Crippen LogP contribution in [-0.4, -0.2) is 50.2 Å². The fourth-order valence-electron chi connectivity index (χ4n) is 1.31. The molecule has 6 nitrogen and oxygen atoms in total. The Kier molecular flexibility index (Phi) is 5.33. The molecule has 0 bridgehead atoms. The Morgan fingerprint density at radius 1 is 1.42 bits per heavy atom. The molecule has 0 aromatic heterocycles. The van der Waals surface area contributed by atoms with Crippen LogP contribution in [0.5, 0.6) is 0 Å². The van der Waals surface area contributed by atoms with E-state index in [0.29, 0.717) is 10.2 Å². The largest absolute Gasteiger partial charge is 0.478 e. The molecule has 0 aliphatic rings. The predicted octanol–water partition coefficient (Wildman–Crippen LogP) is 1.45. The number of nitrogens with one attached hydrogen (secondary N) is 1. The van der Waals surface area contributed by atoms with Gasteiger partial charge in [-0.2, -0.15) is 0 Å². The molecule has 0 heterocycles. The van der Waals surface area contributed by atoms with Gasteiger partial charge in [-0.1, -0.05) is 0 Å². The Hall–Kier alpha value is -1.12. The van der Waals surface area contributed by atoms with E-state index in [0.717, 1.165) is 4.31 Å². The summed E-state index contributed by atoms with van der Waals surface area (Å²) < 4.78 is 24.7. The second-order valence-corrected chi connectivity index (χ2v) is 7.18. The number of nitrogens with zero attached hydrogens (tertiary/aromatic N) is 1. The first-order valence-electron chi connectivity index (χ1n) is 5.41. The number of carboxylic acid groups (broad SMARTS) is 1. The Labute approximate surface area is 120 Å². The molecule has 0 amide bonds. The number of benzene rings is 1. The minimum Gasteiger partial charge on any atom is -0.478 e. The quantitative estimate of drug-likeness (QED) is 0.810. The summed E-state index contributed by atoms with van der Waals surface area (Å²) in [5.74, 6) is -1.05. The molecular weight excluding hydrogens is 336 g/mol. The lowest BCUT2D eigenvalue weighted by atomic mass is 10.2. The third-order valence-corrected chi connectivity index (χ3v) is 4.93. The minimum atomic E-state index is -3.24. The molecule has 0 aliphatic carbocycles. The minimum absolute atomic E-state index is 0.0295. The highest BCUT2D eigenvalue weighted by Crippen LogP contribution is 2.21. The molecule has 1 aromatic carbocycles. The topological polar surface area (TPSA) is 86.7 Å². The van der Waals surface area contributed by atoms with E-state index < -0.39 is 16.0 Å². The van der Waals surface area contributed by atoms with Crippen molar-refractivity contribution in [1.82, 2.24) is 4.31 Å². The molecule has 19 heavy (non-hydrogen) atoms. The summed E-state index contributed by atoms with van der Waals surface area (Å²) in [5.41, 5.74) is 0.817. The number of anilines is 1. The summed E-state index contributed by atoms with van der Waals surface area (Å²) in [5, 5.41) is 11.8. The Morgan fingerprint density at radius 3 is 2.53 bits per heavy atom. The highest BCUT2D eigenvalue weighted by atomic mass is 79.9. The van der Waals surface area contributed by atoms with Crippen molar-refractivity contribution in [3.8, 4) is 0 Å². The first kappa shape index (κ1) is 15.9. The van der Waals surface area contributed by atoms with Crippen LogP contribution in [0.2, 0.25) is 0 Å². The van der Waals surface area contributed by atoms with Gasteiger partial charge in [-0.15, -0.1) is 0 Å². The zero-order valence-corrected chi connectivity index (χ0v) is 13.0. The summed E-state index contributed by atoms with van der Waals surface area (Å²) in [6.07, 6.45) is 0. The number of carboxylic acids is 1. The van der Waals surface area contributed by atoms with E-state index >= 15 is 0 Å². The smallest absolute Gasteiger partial charge is 0.336 e. The average Bonchev–Trinajstić information content (AvgIpc) is 2.28. The van der Waals surface area contributed by atoms with Gasteiger partial charge in [0.05, 0.1) is 11.3 Å². The van der Waals surface area contributed by atoms with Crippen LogP contribution in [0.4, 0.5) is 5.69 Å². The van der Waals surface area contributed by atoms with Gasteiger partial charge in [0.15, 0.2) is 0 Å². The zero-order chi connectivity index (χ0) is 14.6. The molecule has 0 aliphatic heterocycles. The van der Waals surface area contributed by atoms with Gasteiger partial charge < -0.3 is 10.4 Å². The molecule has 0 unspecified atom stereocenters. The summed E-state index contributed by atoms with van der Waals surface area (Å²) in [4.78, 5) is 10.8. The number of aromatic carboxylic acids is 1. The molecular formula is C11H15BrN2O4S. The van der Waals surface area contributed by atoms with Crippen molar-refractivity contribution < 1.29 is 18.3 Å². The van der Waals surface area contributed by atoms with E-state index in [-0.39, 0.29) is 17.9 Å². The maximum atomic E-state index is 11.5. The van der Waals surface area contributed by atoms with E-state index in [1.165, 1.54) is 20.2 Å². The molecule has 0 atom stereocenters. The van der Waals surface area contributed by atoms with Gasteiger partial charge in [0, 0.05) is 30.8 Å². The van der Waals surface area contributed by atoms with Crippen molar-refractivity contribution in [2.24, 2.45) is 0 Å². The summed E-state index contributed by atoms with van der Waals surface area (Å²) in [6, 6.07) is 4.65. The van der Waals surface area contributed by atoms with Crippen molar-refractivity contribution in [1.29, 1.82) is 0 Å². The summed E-state index contributed by atoms with van der Waals surface area (Å²) >= 11 is 3.16. The molecule has 0 fully saturated rings. The third kappa shape index (κ3) is 4.48. The maximum Gasteiger partial charge on any atom is 0.336 e. The standard InChI is InChI=1S/C11H15BrN2O4S/c1-14(2)19(17,18)6-5-13-8-3-4-9(11(15)16)10(12)7-8/h3-4,7,13H,5-6H2,1-2H3,(H,15,16). The highest BCUT2D eigenvalue weighted by Gasteiger charge is 2.13. The lowest BCUT2D eigenvalue weighted by Gasteiger charge is -2.12. The molecule has 1 rings (SSSR count). The molecule has 106 valence electrons. The van der Waals surface area contributed by atoms with Crippen molar-refractivity contribution >= 4 is 37.6 Å². The van der Waals surface area contributed by atoms with Crippen LogP contribution in [0.25, 0.3) is 0 Å². The van der Waals surface area contributed by atoms with Crippen molar-refractivity contribution in [2.75, 3.05) is 31.7 Å². The summed E-state index contributed by atoms with van der Waals surface area (Å²) in [6.45, 7) is 0.249. The van der Waals surface area contributed by atoms with Crippen molar-refractivity contribution in [3.05, 3.63) is 28.2 Å². The van der Waals surface area contributed by atoms with Crippen LogP contribution in [0, 0.1) is 0 Å². The van der Waals surface area contributed by atoms with Crippen LogP contribution >= 0.6 is 15.9 Å². The molecule has 0 saturated heterocycles.